The van der Waals surface area contributed by atoms with E-state index in [0.717, 1.165) is 0 Å². The van der Waals surface area contributed by atoms with Gasteiger partial charge in [-0.1, -0.05) is 194 Å². The van der Waals surface area contributed by atoms with Gasteiger partial charge in [-0.15, -0.1) is 0 Å². The second kappa shape index (κ2) is 32.8. The standard InChI is InChI=1S/C41H86N3/c1-4-6-8-10-12-14-16-18-20-22-24-26-28-30-32-34-40-44(3,43-38-36-42-37-39-43)41-35-33-31-29-27-25-23-21-19-17-15-13-11-9-7-5-2/h42H,4-41H2,1-3H3/q+1. The predicted molar refractivity (Wildman–Crippen MR) is 199 cm³/mol. The van der Waals surface area contributed by atoms with E-state index in [4.69, 9.17) is 0 Å². The fourth-order valence-electron chi connectivity index (χ4n) is 7.53. The van der Waals surface area contributed by atoms with E-state index in [0.29, 0.717) is 0 Å². The molecular formula is C41H86N3+. The van der Waals surface area contributed by atoms with Crippen molar-refractivity contribution in [3.8, 4) is 0 Å². The highest BCUT2D eigenvalue weighted by Gasteiger charge is 2.30. The van der Waals surface area contributed by atoms with E-state index < -0.39 is 0 Å². The van der Waals surface area contributed by atoms with E-state index in [9.17, 15) is 0 Å². The van der Waals surface area contributed by atoms with Gasteiger partial charge in [-0.05, 0) is 25.7 Å². The lowest BCUT2D eigenvalue weighted by atomic mass is 10.0. The molecule has 1 heterocycles. The fourth-order valence-corrected chi connectivity index (χ4v) is 7.53. The quantitative estimate of drug-likeness (QED) is 0.0560. The molecule has 1 N–H and O–H groups in total. The third kappa shape index (κ3) is 26.0. The molecule has 3 heteroatoms. The molecule has 264 valence electrons. The zero-order valence-electron chi connectivity index (χ0n) is 31.3. The molecule has 44 heavy (non-hydrogen) atoms. The summed E-state index contributed by atoms with van der Waals surface area (Å²) in [5.41, 5.74) is 0. The van der Waals surface area contributed by atoms with Crippen LogP contribution in [0.4, 0.5) is 0 Å². The number of rotatable bonds is 35. The first-order chi connectivity index (χ1) is 21.7. The van der Waals surface area contributed by atoms with Crippen LogP contribution in [0.5, 0.6) is 0 Å². The van der Waals surface area contributed by atoms with Gasteiger partial charge in [-0.3, -0.25) is 0 Å². The van der Waals surface area contributed by atoms with Crippen LogP contribution in [0.3, 0.4) is 0 Å². The number of nitrogens with one attached hydrogen (secondary N) is 1. The van der Waals surface area contributed by atoms with Crippen LogP contribution in [0.25, 0.3) is 0 Å². The molecule has 0 spiro atoms. The Labute approximate surface area is 280 Å². The van der Waals surface area contributed by atoms with E-state index in [1.807, 2.05) is 0 Å². The van der Waals surface area contributed by atoms with E-state index in [2.05, 4.69) is 31.2 Å². The maximum atomic E-state index is 3.58. The maximum absolute atomic E-state index is 3.58. The molecule has 3 nitrogen and oxygen atoms in total. The molecule has 1 rings (SSSR count). The van der Waals surface area contributed by atoms with Crippen molar-refractivity contribution in [1.29, 1.82) is 0 Å². The van der Waals surface area contributed by atoms with E-state index in [1.54, 1.807) is 0 Å². The maximum Gasteiger partial charge on any atom is 0.0962 e. The number of quaternary nitrogens is 1. The lowest BCUT2D eigenvalue weighted by molar-refractivity contribution is -1.02. The van der Waals surface area contributed by atoms with Gasteiger partial charge in [0.05, 0.1) is 33.2 Å². The van der Waals surface area contributed by atoms with E-state index in [-0.39, 0.29) is 0 Å². The van der Waals surface area contributed by atoms with Crippen LogP contribution >= 0.6 is 0 Å². The Bertz CT molecular complexity index is 508. The summed E-state index contributed by atoms with van der Waals surface area (Å²) in [5.74, 6) is 0. The smallest absolute Gasteiger partial charge is 0.0962 e. The van der Waals surface area contributed by atoms with Gasteiger partial charge < -0.3 is 5.32 Å². The summed E-state index contributed by atoms with van der Waals surface area (Å²) >= 11 is 0. The molecule has 1 saturated heterocycles. The van der Waals surface area contributed by atoms with Crippen LogP contribution in [-0.2, 0) is 0 Å². The summed E-state index contributed by atoms with van der Waals surface area (Å²) in [6.07, 6.45) is 46.7. The highest BCUT2D eigenvalue weighted by molar-refractivity contribution is 4.62. The number of hydrogen-bond donors (Lipinski definition) is 1. The summed E-state index contributed by atoms with van der Waals surface area (Å²) in [7, 11) is 2.56. The molecule has 0 atom stereocenters. The molecule has 0 bridgehead atoms. The van der Waals surface area contributed by atoms with Crippen LogP contribution in [0.2, 0.25) is 0 Å². The topological polar surface area (TPSA) is 15.3 Å². The van der Waals surface area contributed by atoms with Gasteiger partial charge in [0.2, 0.25) is 0 Å². The van der Waals surface area contributed by atoms with Crippen molar-refractivity contribution in [2.24, 2.45) is 0 Å². The SMILES string of the molecule is CCCCCCCCCCCCCCCCCC[N+](C)(CCCCCCCCCCCCCCCCCC)N1CCNCC1. The van der Waals surface area contributed by atoms with Crippen molar-refractivity contribution >= 4 is 0 Å². The van der Waals surface area contributed by atoms with Crippen molar-refractivity contribution in [1.82, 2.24) is 10.3 Å². The van der Waals surface area contributed by atoms with Gasteiger partial charge in [0, 0.05) is 13.1 Å². The van der Waals surface area contributed by atoms with Crippen molar-refractivity contribution in [3.05, 3.63) is 0 Å². The Hall–Kier alpha value is -0.120. The summed E-state index contributed by atoms with van der Waals surface area (Å²) in [4.78, 5) is 0. The average molecular weight is 621 g/mol. The third-order valence-corrected chi connectivity index (χ3v) is 10.8. The average Bonchev–Trinajstić information content (AvgIpc) is 3.04. The first-order valence-corrected chi connectivity index (χ1v) is 21.0. The van der Waals surface area contributed by atoms with Crippen LogP contribution in [-0.4, -0.2) is 55.9 Å². The summed E-state index contributed by atoms with van der Waals surface area (Å²) < 4.78 is 1.21. The third-order valence-electron chi connectivity index (χ3n) is 10.8. The minimum absolute atomic E-state index is 1.17. The monoisotopic (exact) mass is 621 g/mol. The van der Waals surface area contributed by atoms with Crippen molar-refractivity contribution in [2.75, 3.05) is 46.3 Å². The highest BCUT2D eigenvalue weighted by atomic mass is 15.7. The van der Waals surface area contributed by atoms with Gasteiger partial charge in [-0.2, -0.15) is 5.01 Å². The largest absolute Gasteiger partial charge is 0.314 e. The summed E-state index contributed by atoms with van der Waals surface area (Å²) in [6, 6.07) is 0. The number of hydrogen-bond acceptors (Lipinski definition) is 2. The predicted octanol–water partition coefficient (Wildman–Crippen LogP) is 12.8. The Morgan fingerprint density at radius 1 is 0.364 bits per heavy atom. The van der Waals surface area contributed by atoms with Crippen molar-refractivity contribution < 1.29 is 4.59 Å². The van der Waals surface area contributed by atoms with E-state index in [1.165, 1.54) is 249 Å². The molecule has 0 radical (unpaired) electrons. The van der Waals surface area contributed by atoms with Crippen LogP contribution in [0, 0.1) is 0 Å². The highest BCUT2D eigenvalue weighted by Crippen LogP contribution is 2.19. The molecule has 0 amide bonds. The van der Waals surface area contributed by atoms with Gasteiger partial charge in [0.1, 0.15) is 0 Å². The van der Waals surface area contributed by atoms with Crippen LogP contribution < -0.4 is 5.32 Å². The Morgan fingerprint density at radius 3 is 0.841 bits per heavy atom. The Morgan fingerprint density at radius 2 is 0.591 bits per heavy atom. The van der Waals surface area contributed by atoms with Crippen molar-refractivity contribution in [3.63, 3.8) is 0 Å². The molecule has 0 aromatic rings. The molecule has 0 aliphatic carbocycles. The Kier molecular flexibility index (Phi) is 31.2. The lowest BCUT2D eigenvalue weighted by Crippen LogP contribution is -2.63. The molecule has 1 aliphatic heterocycles. The van der Waals surface area contributed by atoms with Gasteiger partial charge in [0.15, 0.2) is 0 Å². The van der Waals surface area contributed by atoms with Crippen molar-refractivity contribution in [2.45, 2.75) is 219 Å². The fraction of sp³-hybridized carbons (Fsp3) is 1.00. The number of piperazine rings is 1. The minimum atomic E-state index is 1.17. The molecule has 0 unspecified atom stereocenters. The van der Waals surface area contributed by atoms with Gasteiger partial charge in [0.25, 0.3) is 0 Å². The van der Waals surface area contributed by atoms with E-state index >= 15 is 0 Å². The number of nitrogens with zero attached hydrogens (tertiary/aromatic N) is 2. The van der Waals surface area contributed by atoms with Gasteiger partial charge >= 0.3 is 0 Å². The molecule has 0 aromatic heterocycles. The summed E-state index contributed by atoms with van der Waals surface area (Å²) in [5, 5.41) is 6.38. The lowest BCUT2D eigenvalue weighted by Gasteiger charge is -2.45. The first kappa shape index (κ1) is 41.9. The molecule has 1 aliphatic rings. The molecule has 0 saturated carbocycles. The molecule has 1 fully saturated rings. The molecule has 0 aromatic carbocycles. The molecular weight excluding hydrogens is 534 g/mol. The van der Waals surface area contributed by atoms with Crippen LogP contribution in [0.15, 0.2) is 0 Å². The normalized spacial score (nSPS) is 14.5. The minimum Gasteiger partial charge on any atom is -0.314 e. The summed E-state index contributed by atoms with van der Waals surface area (Å²) in [6.45, 7) is 12.1. The number of unbranched alkanes of at least 4 members (excludes halogenated alkanes) is 30. The second-order valence-electron chi connectivity index (χ2n) is 15.1. The van der Waals surface area contributed by atoms with Gasteiger partial charge in [-0.25, -0.2) is 4.59 Å². The zero-order chi connectivity index (χ0) is 31.7. The first-order valence-electron chi connectivity index (χ1n) is 21.0. The Balaban J connectivity index is 2.00. The zero-order valence-corrected chi connectivity index (χ0v) is 31.3. The second-order valence-corrected chi connectivity index (χ2v) is 15.1. The van der Waals surface area contributed by atoms with Crippen LogP contribution in [0.1, 0.15) is 219 Å².